The molecule has 0 spiro atoms. The monoisotopic (exact) mass is 239 g/mol. The summed E-state index contributed by atoms with van der Waals surface area (Å²) < 4.78 is 0. The van der Waals surface area contributed by atoms with Gasteiger partial charge in [-0.2, -0.15) is 0 Å². The Hall–Kier alpha value is -0.780. The topological polar surface area (TPSA) is 37.8 Å². The largest absolute Gasteiger partial charge is 0.302 e. The number of nitrogens with zero attached hydrogens (tertiary/aromatic N) is 2. The molecular formula is C10H13N3S2. The van der Waals surface area contributed by atoms with Crippen molar-refractivity contribution in [2.45, 2.75) is 26.4 Å². The highest BCUT2D eigenvalue weighted by Crippen LogP contribution is 2.16. The van der Waals surface area contributed by atoms with Crippen molar-refractivity contribution in [3.05, 3.63) is 32.7 Å². The van der Waals surface area contributed by atoms with Gasteiger partial charge in [-0.05, 0) is 13.8 Å². The van der Waals surface area contributed by atoms with Crippen molar-refractivity contribution in [3.63, 3.8) is 0 Å². The number of aryl methyl sites for hydroxylation is 1. The van der Waals surface area contributed by atoms with Crippen LogP contribution in [-0.2, 0) is 6.54 Å². The zero-order chi connectivity index (χ0) is 10.7. The van der Waals surface area contributed by atoms with Crippen LogP contribution in [0.25, 0.3) is 0 Å². The predicted molar refractivity (Wildman–Crippen MR) is 64.2 cm³/mol. The van der Waals surface area contributed by atoms with Crippen LogP contribution in [0.2, 0.25) is 0 Å². The second-order valence-corrected chi connectivity index (χ2v) is 5.36. The molecule has 1 unspecified atom stereocenters. The van der Waals surface area contributed by atoms with Crippen molar-refractivity contribution >= 4 is 22.7 Å². The fourth-order valence-corrected chi connectivity index (χ4v) is 2.54. The number of aromatic nitrogens is 2. The molecule has 0 bridgehead atoms. The lowest BCUT2D eigenvalue weighted by Gasteiger charge is -2.09. The maximum atomic E-state index is 4.45. The maximum absolute atomic E-state index is 4.45. The van der Waals surface area contributed by atoms with Gasteiger partial charge in [0, 0.05) is 29.5 Å². The number of rotatable bonds is 4. The lowest BCUT2D eigenvalue weighted by Crippen LogP contribution is -2.18. The van der Waals surface area contributed by atoms with Crippen molar-refractivity contribution in [1.82, 2.24) is 15.3 Å². The Morgan fingerprint density at radius 1 is 1.47 bits per heavy atom. The molecule has 2 heterocycles. The molecular weight excluding hydrogens is 226 g/mol. The van der Waals surface area contributed by atoms with Gasteiger partial charge in [-0.15, -0.1) is 22.7 Å². The fraction of sp³-hybridized carbons (Fsp3) is 0.400. The maximum Gasteiger partial charge on any atom is 0.106 e. The highest BCUT2D eigenvalue weighted by molar-refractivity contribution is 7.09. The third kappa shape index (κ3) is 2.84. The molecule has 1 atom stereocenters. The summed E-state index contributed by atoms with van der Waals surface area (Å²) in [6.07, 6.45) is 1.83. The summed E-state index contributed by atoms with van der Waals surface area (Å²) in [7, 11) is 0. The van der Waals surface area contributed by atoms with E-state index in [1.807, 2.05) is 18.5 Å². The van der Waals surface area contributed by atoms with Crippen LogP contribution < -0.4 is 5.32 Å². The second kappa shape index (κ2) is 4.83. The summed E-state index contributed by atoms with van der Waals surface area (Å²) in [5.74, 6) is 0. The smallest absolute Gasteiger partial charge is 0.106 e. The predicted octanol–water partition coefficient (Wildman–Crippen LogP) is 2.76. The first kappa shape index (κ1) is 10.7. The zero-order valence-corrected chi connectivity index (χ0v) is 10.4. The van der Waals surface area contributed by atoms with E-state index in [1.54, 1.807) is 22.7 Å². The van der Waals surface area contributed by atoms with E-state index in [0.717, 1.165) is 22.3 Å². The van der Waals surface area contributed by atoms with Gasteiger partial charge in [0.25, 0.3) is 0 Å². The minimum atomic E-state index is 0.291. The molecule has 0 aliphatic heterocycles. The van der Waals surface area contributed by atoms with E-state index in [0.29, 0.717) is 6.04 Å². The lowest BCUT2D eigenvalue weighted by molar-refractivity contribution is 0.562. The molecule has 0 fully saturated rings. The third-order valence-electron chi connectivity index (χ3n) is 2.12. The lowest BCUT2D eigenvalue weighted by atomic mass is 10.2. The Bertz CT molecular complexity index is 408. The highest BCUT2D eigenvalue weighted by Gasteiger charge is 2.08. The summed E-state index contributed by atoms with van der Waals surface area (Å²) in [4.78, 5) is 8.67. The van der Waals surface area contributed by atoms with E-state index in [9.17, 15) is 0 Å². The van der Waals surface area contributed by atoms with Crippen LogP contribution in [0.4, 0.5) is 0 Å². The van der Waals surface area contributed by atoms with Crippen molar-refractivity contribution < 1.29 is 0 Å². The number of hydrogen-bond donors (Lipinski definition) is 1. The fourth-order valence-electron chi connectivity index (χ4n) is 1.26. The quantitative estimate of drug-likeness (QED) is 0.891. The van der Waals surface area contributed by atoms with Crippen LogP contribution in [0.5, 0.6) is 0 Å². The van der Waals surface area contributed by atoms with Gasteiger partial charge in [0.05, 0.1) is 10.7 Å². The van der Waals surface area contributed by atoms with Gasteiger partial charge in [0.2, 0.25) is 0 Å². The molecule has 1 N–H and O–H groups in total. The van der Waals surface area contributed by atoms with Gasteiger partial charge in [-0.3, -0.25) is 0 Å². The van der Waals surface area contributed by atoms with Gasteiger partial charge in [-0.1, -0.05) is 0 Å². The summed E-state index contributed by atoms with van der Waals surface area (Å²) in [6, 6.07) is 0.291. The van der Waals surface area contributed by atoms with Crippen LogP contribution in [0.1, 0.15) is 28.7 Å². The second-order valence-electron chi connectivity index (χ2n) is 3.32. The molecule has 0 aliphatic rings. The van der Waals surface area contributed by atoms with Crippen molar-refractivity contribution in [2.24, 2.45) is 0 Å². The SMILES string of the molecule is Cc1nc(C(C)NCc2nccs2)cs1. The molecule has 80 valence electrons. The normalized spacial score (nSPS) is 12.9. The molecule has 2 aromatic heterocycles. The van der Waals surface area contributed by atoms with Gasteiger partial charge in [-0.25, -0.2) is 9.97 Å². The molecule has 0 radical (unpaired) electrons. The Labute approximate surface area is 97.2 Å². The van der Waals surface area contributed by atoms with E-state index < -0.39 is 0 Å². The summed E-state index contributed by atoms with van der Waals surface area (Å²) in [6.45, 7) is 4.97. The van der Waals surface area contributed by atoms with Gasteiger partial charge in [0.15, 0.2) is 0 Å². The van der Waals surface area contributed by atoms with Crippen LogP contribution in [-0.4, -0.2) is 9.97 Å². The molecule has 0 amide bonds. The van der Waals surface area contributed by atoms with Gasteiger partial charge in [0.1, 0.15) is 5.01 Å². The van der Waals surface area contributed by atoms with Crippen molar-refractivity contribution in [3.8, 4) is 0 Å². The number of nitrogens with one attached hydrogen (secondary N) is 1. The van der Waals surface area contributed by atoms with Gasteiger partial charge < -0.3 is 5.32 Å². The molecule has 15 heavy (non-hydrogen) atoms. The first-order valence-electron chi connectivity index (χ1n) is 4.79. The minimum Gasteiger partial charge on any atom is -0.302 e. The van der Waals surface area contributed by atoms with E-state index in [4.69, 9.17) is 0 Å². The van der Waals surface area contributed by atoms with E-state index in [-0.39, 0.29) is 0 Å². The Morgan fingerprint density at radius 2 is 2.33 bits per heavy atom. The first-order chi connectivity index (χ1) is 7.25. The molecule has 2 rings (SSSR count). The zero-order valence-electron chi connectivity index (χ0n) is 8.73. The first-order valence-corrected chi connectivity index (χ1v) is 6.55. The highest BCUT2D eigenvalue weighted by atomic mass is 32.1. The molecule has 3 nitrogen and oxygen atoms in total. The van der Waals surface area contributed by atoms with Gasteiger partial charge >= 0.3 is 0 Å². The molecule has 0 aliphatic carbocycles. The molecule has 0 saturated heterocycles. The molecule has 2 aromatic rings. The van der Waals surface area contributed by atoms with Crippen molar-refractivity contribution in [1.29, 1.82) is 0 Å². The number of hydrogen-bond acceptors (Lipinski definition) is 5. The molecule has 5 heteroatoms. The average Bonchev–Trinajstić information content (AvgIpc) is 2.84. The van der Waals surface area contributed by atoms with Crippen LogP contribution >= 0.6 is 22.7 Å². The van der Waals surface area contributed by atoms with E-state index in [1.165, 1.54) is 0 Å². The third-order valence-corrected chi connectivity index (χ3v) is 3.69. The molecule has 0 saturated carbocycles. The Balaban J connectivity index is 1.90. The standard InChI is InChI=1S/C10H13N3S2/c1-7(9-6-15-8(2)13-9)12-5-10-11-3-4-14-10/h3-4,6-7,12H,5H2,1-2H3. The summed E-state index contributed by atoms with van der Waals surface area (Å²) in [5.41, 5.74) is 1.12. The molecule has 0 aromatic carbocycles. The Kier molecular flexibility index (Phi) is 3.45. The minimum absolute atomic E-state index is 0.291. The van der Waals surface area contributed by atoms with Crippen LogP contribution in [0.15, 0.2) is 17.0 Å². The van der Waals surface area contributed by atoms with Crippen LogP contribution in [0.3, 0.4) is 0 Å². The number of thiazole rings is 2. The summed E-state index contributed by atoms with van der Waals surface area (Å²) >= 11 is 3.37. The average molecular weight is 239 g/mol. The van der Waals surface area contributed by atoms with E-state index >= 15 is 0 Å². The Morgan fingerprint density at radius 3 is 2.93 bits per heavy atom. The van der Waals surface area contributed by atoms with Crippen molar-refractivity contribution in [2.75, 3.05) is 0 Å². The van der Waals surface area contributed by atoms with E-state index in [2.05, 4.69) is 27.6 Å². The van der Waals surface area contributed by atoms with Crippen LogP contribution in [0, 0.1) is 6.92 Å². The summed E-state index contributed by atoms with van der Waals surface area (Å²) in [5, 5.41) is 9.75.